The van der Waals surface area contributed by atoms with E-state index in [0.717, 1.165) is 35.7 Å². The van der Waals surface area contributed by atoms with Gasteiger partial charge in [-0.2, -0.15) is 8.78 Å². The molecule has 5 unspecified atom stereocenters. The Morgan fingerprint density at radius 2 is 1.54 bits per heavy atom. The van der Waals surface area contributed by atoms with Gasteiger partial charge in [-0.15, -0.1) is 6.58 Å². The van der Waals surface area contributed by atoms with Crippen molar-refractivity contribution in [2.45, 2.75) is 58.5 Å². The van der Waals surface area contributed by atoms with Crippen molar-refractivity contribution in [1.82, 2.24) is 0 Å². The molecule has 0 spiro atoms. The molecule has 2 saturated carbocycles. The summed E-state index contributed by atoms with van der Waals surface area (Å²) in [7, 11) is 0. The van der Waals surface area contributed by atoms with Crippen LogP contribution in [0.25, 0.3) is 5.57 Å². The standard InChI is InChI=1S/C33H38F2O2/c1-3-22-5-10-29-20-28(16-15-27(29)19-22)26-13-11-25(12-14-26)24-8-6-23(7-9-24)21-37-31-18-17-30(36-4-2)32(34)33(31)35/h3,6-9,11-13,17-18,22,26-29H,1,4-5,10,14-16,19-21H2,2H3. The smallest absolute Gasteiger partial charge is 0.204 e. The van der Waals surface area contributed by atoms with Crippen molar-refractivity contribution in [3.8, 4) is 11.5 Å². The molecule has 5 atom stereocenters. The summed E-state index contributed by atoms with van der Waals surface area (Å²) in [6, 6.07) is 10.9. The fourth-order valence-electron chi connectivity index (χ4n) is 6.61. The molecule has 4 heteroatoms. The first kappa shape index (κ1) is 25.8. The fraction of sp³-hybridized carbons (Fsp3) is 0.455. The number of fused-ring (bicyclic) bond motifs is 1. The van der Waals surface area contributed by atoms with E-state index in [0.29, 0.717) is 5.92 Å². The summed E-state index contributed by atoms with van der Waals surface area (Å²) in [6.45, 7) is 6.19. The van der Waals surface area contributed by atoms with Crippen LogP contribution in [0.1, 0.15) is 63.0 Å². The maximum absolute atomic E-state index is 14.3. The zero-order valence-corrected chi connectivity index (χ0v) is 21.8. The van der Waals surface area contributed by atoms with Crippen molar-refractivity contribution >= 4 is 5.57 Å². The van der Waals surface area contributed by atoms with Crippen LogP contribution in [0.3, 0.4) is 0 Å². The Kier molecular flexibility index (Phi) is 8.12. The Balaban J connectivity index is 1.14. The summed E-state index contributed by atoms with van der Waals surface area (Å²) in [5.74, 6) is 1.78. The molecule has 2 aromatic rings. The minimum Gasteiger partial charge on any atom is -0.491 e. The van der Waals surface area contributed by atoms with Crippen LogP contribution in [0, 0.1) is 41.2 Å². The van der Waals surface area contributed by atoms with E-state index < -0.39 is 11.6 Å². The lowest BCUT2D eigenvalue weighted by molar-refractivity contribution is 0.0949. The zero-order valence-electron chi connectivity index (χ0n) is 21.8. The van der Waals surface area contributed by atoms with Crippen LogP contribution in [0.5, 0.6) is 11.5 Å². The number of benzene rings is 2. The molecule has 0 aliphatic heterocycles. The second kappa shape index (κ2) is 11.7. The van der Waals surface area contributed by atoms with Crippen molar-refractivity contribution < 1.29 is 18.3 Å². The summed E-state index contributed by atoms with van der Waals surface area (Å²) in [5.41, 5.74) is 3.32. The van der Waals surface area contributed by atoms with E-state index in [9.17, 15) is 8.78 Å². The molecular weight excluding hydrogens is 466 g/mol. The van der Waals surface area contributed by atoms with Crippen molar-refractivity contribution in [2.75, 3.05) is 6.61 Å². The van der Waals surface area contributed by atoms with Crippen molar-refractivity contribution in [3.05, 3.63) is 90.0 Å². The third-order valence-electron chi connectivity index (χ3n) is 8.76. The quantitative estimate of drug-likeness (QED) is 0.334. The molecule has 0 amide bonds. The molecule has 0 radical (unpaired) electrons. The van der Waals surface area contributed by atoms with Gasteiger partial charge in [-0.25, -0.2) is 0 Å². The lowest BCUT2D eigenvalue weighted by atomic mass is 9.62. The number of hydrogen-bond acceptors (Lipinski definition) is 2. The number of rotatable bonds is 8. The van der Waals surface area contributed by atoms with Crippen LogP contribution in [0.4, 0.5) is 8.78 Å². The fourth-order valence-corrected chi connectivity index (χ4v) is 6.61. The molecule has 0 bridgehead atoms. The molecule has 196 valence electrons. The molecule has 0 saturated heterocycles. The highest BCUT2D eigenvalue weighted by atomic mass is 19.2. The molecule has 0 N–H and O–H groups in total. The first-order chi connectivity index (χ1) is 18.1. The Labute approximate surface area is 220 Å². The topological polar surface area (TPSA) is 18.5 Å². The first-order valence-electron chi connectivity index (χ1n) is 13.9. The normalized spacial score (nSPS) is 27.2. The Morgan fingerprint density at radius 3 is 2.22 bits per heavy atom. The Hall–Kier alpha value is -2.88. The van der Waals surface area contributed by atoms with Crippen LogP contribution < -0.4 is 9.47 Å². The number of halogens is 2. The Bertz CT molecular complexity index is 1150. The minimum absolute atomic E-state index is 0.101. The third kappa shape index (κ3) is 5.84. The molecular formula is C33H38F2O2. The number of hydrogen-bond donors (Lipinski definition) is 0. The van der Waals surface area contributed by atoms with Gasteiger partial charge < -0.3 is 9.47 Å². The molecule has 0 heterocycles. The highest BCUT2D eigenvalue weighted by Crippen LogP contribution is 2.48. The van der Waals surface area contributed by atoms with Crippen LogP contribution >= 0.6 is 0 Å². The molecule has 37 heavy (non-hydrogen) atoms. The van der Waals surface area contributed by atoms with Crippen molar-refractivity contribution in [3.63, 3.8) is 0 Å². The molecule has 0 aromatic heterocycles. The lowest BCUT2D eigenvalue weighted by Gasteiger charge is -2.43. The maximum atomic E-state index is 14.3. The van der Waals surface area contributed by atoms with Gasteiger partial charge in [0.15, 0.2) is 11.5 Å². The summed E-state index contributed by atoms with van der Waals surface area (Å²) >= 11 is 0. The molecule has 3 aliphatic carbocycles. The van der Waals surface area contributed by atoms with Crippen LogP contribution in [-0.2, 0) is 6.61 Å². The van der Waals surface area contributed by atoms with E-state index in [-0.39, 0.29) is 24.7 Å². The van der Waals surface area contributed by atoms with Crippen LogP contribution in [0.2, 0.25) is 0 Å². The largest absolute Gasteiger partial charge is 0.491 e. The average Bonchev–Trinajstić information content (AvgIpc) is 2.95. The highest BCUT2D eigenvalue weighted by molar-refractivity contribution is 5.75. The van der Waals surface area contributed by atoms with Gasteiger partial charge in [0.05, 0.1) is 6.61 Å². The lowest BCUT2D eigenvalue weighted by Crippen LogP contribution is -2.33. The SMILES string of the molecule is C=CC1CCC2CC(C3C=CC(c4ccc(COc5ccc(OCC)c(F)c5F)cc4)=CC3)CCC2C1. The highest BCUT2D eigenvalue weighted by Gasteiger charge is 2.36. The Morgan fingerprint density at radius 1 is 0.865 bits per heavy atom. The van der Waals surface area contributed by atoms with Gasteiger partial charge in [0.1, 0.15) is 6.61 Å². The zero-order chi connectivity index (χ0) is 25.8. The van der Waals surface area contributed by atoms with Crippen LogP contribution in [-0.4, -0.2) is 6.61 Å². The summed E-state index contributed by atoms with van der Waals surface area (Å²) in [4.78, 5) is 0. The molecule has 2 aromatic carbocycles. The van der Waals surface area contributed by atoms with Crippen molar-refractivity contribution in [2.24, 2.45) is 29.6 Å². The second-order valence-corrected chi connectivity index (χ2v) is 10.9. The predicted molar refractivity (Wildman–Crippen MR) is 145 cm³/mol. The molecule has 5 rings (SSSR count). The van der Waals surface area contributed by atoms with E-state index in [1.807, 2.05) is 12.1 Å². The van der Waals surface area contributed by atoms with Crippen molar-refractivity contribution in [1.29, 1.82) is 0 Å². The van der Waals surface area contributed by atoms with E-state index in [1.54, 1.807) is 6.92 Å². The first-order valence-corrected chi connectivity index (χ1v) is 13.9. The monoisotopic (exact) mass is 504 g/mol. The average molecular weight is 505 g/mol. The third-order valence-corrected chi connectivity index (χ3v) is 8.76. The van der Waals surface area contributed by atoms with E-state index in [2.05, 4.69) is 43.0 Å². The van der Waals surface area contributed by atoms with E-state index in [1.165, 1.54) is 61.8 Å². The van der Waals surface area contributed by atoms with Gasteiger partial charge in [-0.3, -0.25) is 0 Å². The van der Waals surface area contributed by atoms with Gasteiger partial charge in [0.25, 0.3) is 0 Å². The molecule has 3 aliphatic rings. The predicted octanol–water partition coefficient (Wildman–Crippen LogP) is 8.92. The van der Waals surface area contributed by atoms with Gasteiger partial charge in [0.2, 0.25) is 11.6 Å². The van der Waals surface area contributed by atoms with Gasteiger partial charge >= 0.3 is 0 Å². The molecule has 2 nitrogen and oxygen atoms in total. The second-order valence-electron chi connectivity index (χ2n) is 10.9. The van der Waals surface area contributed by atoms with Gasteiger partial charge in [-0.05, 0) is 110 Å². The van der Waals surface area contributed by atoms with E-state index in [4.69, 9.17) is 9.47 Å². The summed E-state index contributed by atoms with van der Waals surface area (Å²) in [5, 5.41) is 0. The van der Waals surface area contributed by atoms with Crippen LogP contribution in [0.15, 0.2) is 67.3 Å². The van der Waals surface area contributed by atoms with E-state index >= 15 is 0 Å². The summed E-state index contributed by atoms with van der Waals surface area (Å²) < 4.78 is 39.0. The van der Waals surface area contributed by atoms with Gasteiger partial charge in [0, 0.05) is 0 Å². The van der Waals surface area contributed by atoms with Gasteiger partial charge in [-0.1, -0.05) is 48.6 Å². The maximum Gasteiger partial charge on any atom is 0.204 e. The number of ether oxygens (including phenoxy) is 2. The number of allylic oxidation sites excluding steroid dienone is 5. The summed E-state index contributed by atoms with van der Waals surface area (Å²) in [6.07, 6.45) is 18.6. The molecule has 2 fully saturated rings. The minimum atomic E-state index is -1.02.